The van der Waals surface area contributed by atoms with E-state index in [-0.39, 0.29) is 5.92 Å². The van der Waals surface area contributed by atoms with Gasteiger partial charge in [-0.2, -0.15) is 0 Å². The molecule has 20 heavy (non-hydrogen) atoms. The molecule has 112 valence electrons. The van der Waals surface area contributed by atoms with Crippen LogP contribution in [0.4, 0.5) is 0 Å². The molecule has 0 radical (unpaired) electrons. The van der Waals surface area contributed by atoms with Crippen molar-refractivity contribution in [1.82, 2.24) is 5.09 Å². The van der Waals surface area contributed by atoms with Crippen molar-refractivity contribution in [3.63, 3.8) is 0 Å². The first-order chi connectivity index (χ1) is 9.25. The molecular formula is C13H19ClNO4P. The van der Waals surface area contributed by atoms with E-state index in [4.69, 9.17) is 15.8 Å². The highest BCUT2D eigenvalue weighted by atomic mass is 35.7. The topological polar surface area (TPSA) is 64.6 Å². The van der Waals surface area contributed by atoms with Crippen LogP contribution in [-0.2, 0) is 14.1 Å². The summed E-state index contributed by atoms with van der Waals surface area (Å²) in [6.07, 6.45) is 0. The number of esters is 1. The molecule has 1 N–H and O–H groups in total. The first-order valence-electron chi connectivity index (χ1n) is 6.17. The second-order valence-electron chi connectivity index (χ2n) is 4.76. The lowest BCUT2D eigenvalue weighted by Gasteiger charge is -2.22. The van der Waals surface area contributed by atoms with Crippen LogP contribution in [0, 0.1) is 12.8 Å². The lowest BCUT2D eigenvalue weighted by Crippen LogP contribution is -2.39. The van der Waals surface area contributed by atoms with Crippen molar-refractivity contribution < 1.29 is 18.6 Å². The van der Waals surface area contributed by atoms with E-state index in [1.165, 1.54) is 7.11 Å². The minimum Gasteiger partial charge on any atom is -0.468 e. The number of hydrogen-bond acceptors (Lipinski definition) is 4. The van der Waals surface area contributed by atoms with Crippen LogP contribution in [0.5, 0.6) is 5.75 Å². The highest BCUT2D eigenvalue weighted by Crippen LogP contribution is 2.49. The summed E-state index contributed by atoms with van der Waals surface area (Å²) in [5, 5.41) is 2.53. The monoisotopic (exact) mass is 319 g/mol. The van der Waals surface area contributed by atoms with Crippen molar-refractivity contribution in [2.45, 2.75) is 26.8 Å². The van der Waals surface area contributed by atoms with E-state index in [9.17, 15) is 9.36 Å². The van der Waals surface area contributed by atoms with Gasteiger partial charge in [-0.3, -0.25) is 4.79 Å². The second-order valence-corrected chi connectivity index (χ2v) is 7.49. The number of hydrogen-bond donors (Lipinski definition) is 1. The molecule has 1 aromatic rings. The maximum Gasteiger partial charge on any atom is 0.409 e. The fourth-order valence-corrected chi connectivity index (χ4v) is 3.26. The Bertz CT molecular complexity index is 504. The zero-order chi connectivity index (χ0) is 15.3. The molecule has 0 saturated heterocycles. The molecule has 0 aliphatic heterocycles. The zero-order valence-electron chi connectivity index (χ0n) is 11.9. The number of carbonyl (C=O) groups is 1. The maximum atomic E-state index is 12.2. The SMILES string of the molecule is COC(=O)[C@@H](NP(=O)(Cl)Oc1ccc(C)cc1)C(C)C. The van der Waals surface area contributed by atoms with Crippen LogP contribution in [0.25, 0.3) is 0 Å². The highest BCUT2D eigenvalue weighted by molar-refractivity contribution is 7.84. The van der Waals surface area contributed by atoms with Crippen LogP contribution in [0.15, 0.2) is 24.3 Å². The molecule has 0 aliphatic carbocycles. The molecule has 0 fully saturated rings. The van der Waals surface area contributed by atoms with Crippen molar-refractivity contribution in [3.8, 4) is 5.75 Å². The first kappa shape index (κ1) is 17.0. The summed E-state index contributed by atoms with van der Waals surface area (Å²) in [5.41, 5.74) is 1.05. The summed E-state index contributed by atoms with van der Waals surface area (Å²) in [7, 11) is 1.26. The van der Waals surface area contributed by atoms with Crippen LogP contribution < -0.4 is 9.61 Å². The van der Waals surface area contributed by atoms with Crippen LogP contribution in [0.2, 0.25) is 0 Å². The Balaban J connectivity index is 2.79. The van der Waals surface area contributed by atoms with Gasteiger partial charge in [0, 0.05) is 11.2 Å². The second kappa shape index (κ2) is 7.11. The normalized spacial score (nSPS) is 15.5. The van der Waals surface area contributed by atoms with E-state index in [2.05, 4.69) is 9.82 Å². The Morgan fingerprint density at radius 2 is 1.85 bits per heavy atom. The van der Waals surface area contributed by atoms with Crippen molar-refractivity contribution >= 4 is 24.1 Å². The average molecular weight is 320 g/mol. The van der Waals surface area contributed by atoms with Gasteiger partial charge in [0.1, 0.15) is 11.8 Å². The largest absolute Gasteiger partial charge is 0.468 e. The number of benzene rings is 1. The van der Waals surface area contributed by atoms with Gasteiger partial charge < -0.3 is 9.26 Å². The lowest BCUT2D eigenvalue weighted by molar-refractivity contribution is -0.143. The van der Waals surface area contributed by atoms with E-state index in [0.717, 1.165) is 5.56 Å². The molecule has 1 aromatic carbocycles. The lowest BCUT2D eigenvalue weighted by atomic mass is 10.1. The van der Waals surface area contributed by atoms with Gasteiger partial charge in [-0.05, 0) is 25.0 Å². The van der Waals surface area contributed by atoms with E-state index in [0.29, 0.717) is 5.75 Å². The molecule has 0 bridgehead atoms. The smallest absolute Gasteiger partial charge is 0.409 e. The van der Waals surface area contributed by atoms with Gasteiger partial charge in [0.25, 0.3) is 0 Å². The number of aryl methyl sites for hydroxylation is 1. The molecule has 0 aromatic heterocycles. The van der Waals surface area contributed by atoms with Crippen molar-refractivity contribution in [2.24, 2.45) is 5.92 Å². The molecule has 0 aliphatic rings. The number of halogens is 1. The molecule has 0 amide bonds. The number of nitrogens with one attached hydrogen (secondary N) is 1. The number of methoxy groups -OCH3 is 1. The molecule has 2 atom stereocenters. The summed E-state index contributed by atoms with van der Waals surface area (Å²) >= 11 is 5.86. The minimum atomic E-state index is -3.69. The van der Waals surface area contributed by atoms with Gasteiger partial charge >= 0.3 is 12.8 Å². The molecule has 0 heterocycles. The van der Waals surface area contributed by atoms with E-state index in [1.54, 1.807) is 26.0 Å². The minimum absolute atomic E-state index is 0.142. The van der Waals surface area contributed by atoms with Crippen molar-refractivity contribution in [3.05, 3.63) is 29.8 Å². The summed E-state index contributed by atoms with van der Waals surface area (Å²) in [4.78, 5) is 11.6. The summed E-state index contributed by atoms with van der Waals surface area (Å²) in [6, 6.07) is 6.15. The third kappa shape index (κ3) is 5.16. The molecule has 5 nitrogen and oxygen atoms in total. The van der Waals surface area contributed by atoms with Crippen LogP contribution >= 0.6 is 18.1 Å². The van der Waals surface area contributed by atoms with Crippen LogP contribution in [0.1, 0.15) is 19.4 Å². The number of carbonyl (C=O) groups excluding carboxylic acids is 1. The average Bonchev–Trinajstić information content (AvgIpc) is 2.37. The van der Waals surface area contributed by atoms with E-state index < -0.39 is 18.9 Å². The fourth-order valence-electron chi connectivity index (χ4n) is 1.53. The van der Waals surface area contributed by atoms with Crippen LogP contribution in [-0.4, -0.2) is 19.1 Å². The molecule has 1 unspecified atom stereocenters. The molecule has 0 spiro atoms. The van der Waals surface area contributed by atoms with Crippen molar-refractivity contribution in [1.29, 1.82) is 0 Å². The Morgan fingerprint density at radius 1 is 1.30 bits per heavy atom. The maximum absolute atomic E-state index is 12.2. The Morgan fingerprint density at radius 3 is 2.30 bits per heavy atom. The van der Waals surface area contributed by atoms with Crippen LogP contribution in [0.3, 0.4) is 0 Å². The van der Waals surface area contributed by atoms with Gasteiger partial charge in [0.15, 0.2) is 0 Å². The summed E-state index contributed by atoms with van der Waals surface area (Å²) in [5.74, 6) is -0.307. The van der Waals surface area contributed by atoms with Gasteiger partial charge in [-0.25, -0.2) is 9.65 Å². The number of rotatable bonds is 6. The Kier molecular flexibility index (Phi) is 6.06. The fraction of sp³-hybridized carbons (Fsp3) is 0.462. The third-order valence-electron chi connectivity index (χ3n) is 2.66. The van der Waals surface area contributed by atoms with E-state index >= 15 is 0 Å². The van der Waals surface area contributed by atoms with E-state index in [1.807, 2.05) is 19.1 Å². The predicted octanol–water partition coefficient (Wildman–Crippen LogP) is 3.51. The molecule has 0 saturated carbocycles. The quantitative estimate of drug-likeness (QED) is 0.642. The highest BCUT2D eigenvalue weighted by Gasteiger charge is 2.32. The third-order valence-corrected chi connectivity index (χ3v) is 4.19. The molecular weight excluding hydrogens is 301 g/mol. The van der Waals surface area contributed by atoms with Crippen molar-refractivity contribution in [2.75, 3.05) is 7.11 Å². The first-order valence-corrected chi connectivity index (χ1v) is 8.69. The van der Waals surface area contributed by atoms with Gasteiger partial charge in [-0.15, -0.1) is 0 Å². The standard InChI is InChI=1S/C13H19ClNO4P/c1-9(2)12(13(16)18-4)15-20(14,17)19-11-7-5-10(3)6-8-11/h5-9,12H,1-4H3,(H,15,17)/t12-,20?/m0/s1. The summed E-state index contributed by atoms with van der Waals surface area (Å²) in [6.45, 7) is 1.82. The number of ether oxygens (including phenoxy) is 1. The predicted molar refractivity (Wildman–Crippen MR) is 79.0 cm³/mol. The zero-order valence-corrected chi connectivity index (χ0v) is 13.6. The Labute approximate surface area is 123 Å². The Hall–Kier alpha value is -1.03. The molecule has 1 rings (SSSR count). The summed E-state index contributed by atoms with van der Waals surface area (Å²) < 4.78 is 22.1. The molecule has 7 heteroatoms. The van der Waals surface area contributed by atoms with Gasteiger partial charge in [0.05, 0.1) is 7.11 Å². The van der Waals surface area contributed by atoms with Gasteiger partial charge in [0.2, 0.25) is 0 Å². The van der Waals surface area contributed by atoms with Gasteiger partial charge in [-0.1, -0.05) is 31.5 Å².